The van der Waals surface area contributed by atoms with Gasteiger partial charge >= 0.3 is 0 Å². The number of halogens is 1. The first kappa shape index (κ1) is 14.9. The second-order valence-corrected chi connectivity index (χ2v) is 6.55. The molecule has 1 heterocycles. The molecule has 2 unspecified atom stereocenters. The summed E-state index contributed by atoms with van der Waals surface area (Å²) in [6, 6.07) is 7.22. The Morgan fingerprint density at radius 3 is 3.00 bits per heavy atom. The maximum absolute atomic E-state index is 3.71. The Kier molecular flexibility index (Phi) is 5.28. The Morgan fingerprint density at radius 1 is 1.47 bits per heavy atom. The van der Waals surface area contributed by atoms with Gasteiger partial charge in [-0.1, -0.05) is 26.3 Å². The lowest BCUT2D eigenvalue weighted by atomic mass is 9.99. The van der Waals surface area contributed by atoms with E-state index in [4.69, 9.17) is 0 Å². The van der Waals surface area contributed by atoms with Crippen LogP contribution >= 0.6 is 15.9 Å². The molecule has 1 aromatic rings. The topological polar surface area (TPSA) is 15.3 Å². The SMILES string of the molecule is CCC(C)C1CN(c2cc(C)ccc2Br)CCCN1. The summed E-state index contributed by atoms with van der Waals surface area (Å²) in [5.41, 5.74) is 2.67. The molecule has 0 spiro atoms. The van der Waals surface area contributed by atoms with Crippen LogP contribution in [-0.4, -0.2) is 25.7 Å². The normalized spacial score (nSPS) is 22.1. The van der Waals surface area contributed by atoms with Gasteiger partial charge in [-0.05, 0) is 59.4 Å². The lowest BCUT2D eigenvalue weighted by Gasteiger charge is -2.30. The van der Waals surface area contributed by atoms with Crippen LogP contribution in [0.1, 0.15) is 32.3 Å². The first-order valence-corrected chi connectivity index (χ1v) is 8.15. The number of benzene rings is 1. The summed E-state index contributed by atoms with van der Waals surface area (Å²) in [6.07, 6.45) is 2.45. The standard InChI is InChI=1S/C16H25BrN2/c1-4-13(3)15-11-19(9-5-8-18-15)16-10-12(2)6-7-14(16)17/h6-7,10,13,15,18H,4-5,8-9,11H2,1-3H3. The van der Waals surface area contributed by atoms with Gasteiger partial charge < -0.3 is 10.2 Å². The fourth-order valence-corrected chi connectivity index (χ4v) is 3.20. The molecular weight excluding hydrogens is 300 g/mol. The molecule has 2 atom stereocenters. The molecule has 1 aliphatic heterocycles. The third-order valence-electron chi connectivity index (χ3n) is 4.20. The van der Waals surface area contributed by atoms with Crippen molar-refractivity contribution in [2.45, 2.75) is 39.7 Å². The van der Waals surface area contributed by atoms with Crippen molar-refractivity contribution >= 4 is 21.6 Å². The monoisotopic (exact) mass is 324 g/mol. The molecule has 1 N–H and O–H groups in total. The summed E-state index contributed by atoms with van der Waals surface area (Å²) < 4.78 is 1.21. The van der Waals surface area contributed by atoms with E-state index in [1.165, 1.54) is 28.6 Å². The number of nitrogens with one attached hydrogen (secondary N) is 1. The maximum atomic E-state index is 3.71. The average molecular weight is 325 g/mol. The van der Waals surface area contributed by atoms with Gasteiger partial charge in [-0.15, -0.1) is 0 Å². The molecule has 19 heavy (non-hydrogen) atoms. The Labute approximate surface area is 125 Å². The molecule has 3 heteroatoms. The zero-order chi connectivity index (χ0) is 13.8. The summed E-state index contributed by atoms with van der Waals surface area (Å²) in [5.74, 6) is 0.726. The van der Waals surface area contributed by atoms with E-state index in [2.05, 4.69) is 65.1 Å². The number of hydrogen-bond acceptors (Lipinski definition) is 2. The highest BCUT2D eigenvalue weighted by Gasteiger charge is 2.22. The third-order valence-corrected chi connectivity index (χ3v) is 4.87. The average Bonchev–Trinajstić information content (AvgIpc) is 2.66. The number of aryl methyl sites for hydroxylation is 1. The zero-order valence-corrected chi connectivity index (χ0v) is 13.8. The van der Waals surface area contributed by atoms with Crippen molar-refractivity contribution in [3.05, 3.63) is 28.2 Å². The summed E-state index contributed by atoms with van der Waals surface area (Å²) in [6.45, 7) is 10.2. The van der Waals surface area contributed by atoms with Crippen LogP contribution in [0, 0.1) is 12.8 Å². The van der Waals surface area contributed by atoms with E-state index in [9.17, 15) is 0 Å². The number of nitrogens with zero attached hydrogens (tertiary/aromatic N) is 1. The highest BCUT2D eigenvalue weighted by atomic mass is 79.9. The molecule has 0 aromatic heterocycles. The minimum Gasteiger partial charge on any atom is -0.369 e. The lowest BCUT2D eigenvalue weighted by Crippen LogP contribution is -2.42. The molecule has 1 aromatic carbocycles. The van der Waals surface area contributed by atoms with Gasteiger partial charge in [-0.2, -0.15) is 0 Å². The van der Waals surface area contributed by atoms with Gasteiger partial charge in [0.25, 0.3) is 0 Å². The van der Waals surface area contributed by atoms with Crippen molar-refractivity contribution < 1.29 is 0 Å². The van der Waals surface area contributed by atoms with Gasteiger partial charge in [0.15, 0.2) is 0 Å². The zero-order valence-electron chi connectivity index (χ0n) is 12.2. The van der Waals surface area contributed by atoms with E-state index in [0.29, 0.717) is 6.04 Å². The molecule has 0 amide bonds. The lowest BCUT2D eigenvalue weighted by molar-refractivity contribution is 0.384. The van der Waals surface area contributed by atoms with Crippen LogP contribution in [0.15, 0.2) is 22.7 Å². The molecule has 1 fully saturated rings. The highest BCUT2D eigenvalue weighted by Crippen LogP contribution is 2.29. The quantitative estimate of drug-likeness (QED) is 0.904. The molecule has 106 valence electrons. The van der Waals surface area contributed by atoms with Gasteiger partial charge in [-0.3, -0.25) is 0 Å². The first-order valence-electron chi connectivity index (χ1n) is 7.36. The molecule has 2 rings (SSSR count). The largest absolute Gasteiger partial charge is 0.369 e. The summed E-state index contributed by atoms with van der Waals surface area (Å²) >= 11 is 3.70. The van der Waals surface area contributed by atoms with E-state index in [1.807, 2.05) is 0 Å². The summed E-state index contributed by atoms with van der Waals surface area (Å²) in [4.78, 5) is 2.54. The smallest absolute Gasteiger partial charge is 0.0513 e. The molecule has 1 aliphatic rings. The van der Waals surface area contributed by atoms with Crippen molar-refractivity contribution in [3.8, 4) is 0 Å². The van der Waals surface area contributed by atoms with Crippen LogP contribution in [0.4, 0.5) is 5.69 Å². The van der Waals surface area contributed by atoms with Crippen LogP contribution in [0.2, 0.25) is 0 Å². The predicted octanol–water partition coefficient (Wildman–Crippen LogP) is 3.97. The van der Waals surface area contributed by atoms with Crippen molar-refractivity contribution in [1.29, 1.82) is 0 Å². The molecule has 0 aliphatic carbocycles. The number of anilines is 1. The van der Waals surface area contributed by atoms with Crippen LogP contribution in [0.25, 0.3) is 0 Å². The van der Waals surface area contributed by atoms with Gasteiger partial charge in [-0.25, -0.2) is 0 Å². The number of rotatable bonds is 3. The Morgan fingerprint density at radius 2 is 2.26 bits per heavy atom. The minimum absolute atomic E-state index is 0.597. The third kappa shape index (κ3) is 3.73. The second kappa shape index (κ2) is 6.76. The van der Waals surface area contributed by atoms with Crippen molar-refractivity contribution in [1.82, 2.24) is 5.32 Å². The summed E-state index contributed by atoms with van der Waals surface area (Å²) in [7, 11) is 0. The maximum Gasteiger partial charge on any atom is 0.0513 e. The first-order chi connectivity index (χ1) is 9.11. The van der Waals surface area contributed by atoms with Crippen LogP contribution < -0.4 is 10.2 Å². The Hall–Kier alpha value is -0.540. The van der Waals surface area contributed by atoms with Crippen LogP contribution in [0.5, 0.6) is 0 Å². The van der Waals surface area contributed by atoms with Crippen LogP contribution in [0.3, 0.4) is 0 Å². The summed E-state index contributed by atoms with van der Waals surface area (Å²) in [5, 5.41) is 3.71. The molecule has 0 radical (unpaired) electrons. The van der Waals surface area contributed by atoms with Crippen molar-refractivity contribution in [3.63, 3.8) is 0 Å². The molecule has 1 saturated heterocycles. The molecule has 0 saturated carbocycles. The van der Waals surface area contributed by atoms with E-state index >= 15 is 0 Å². The molecule has 2 nitrogen and oxygen atoms in total. The van der Waals surface area contributed by atoms with E-state index in [-0.39, 0.29) is 0 Å². The number of hydrogen-bond donors (Lipinski definition) is 1. The van der Waals surface area contributed by atoms with Gasteiger partial charge in [0.1, 0.15) is 0 Å². The minimum atomic E-state index is 0.597. The van der Waals surface area contributed by atoms with Crippen LogP contribution in [-0.2, 0) is 0 Å². The van der Waals surface area contributed by atoms with E-state index in [0.717, 1.165) is 25.6 Å². The molecular formula is C16H25BrN2. The fourth-order valence-electron chi connectivity index (χ4n) is 2.70. The Bertz CT molecular complexity index is 419. The van der Waals surface area contributed by atoms with E-state index < -0.39 is 0 Å². The fraction of sp³-hybridized carbons (Fsp3) is 0.625. The van der Waals surface area contributed by atoms with Gasteiger partial charge in [0.05, 0.1) is 5.69 Å². The second-order valence-electron chi connectivity index (χ2n) is 5.70. The van der Waals surface area contributed by atoms with Crippen molar-refractivity contribution in [2.75, 3.05) is 24.5 Å². The Balaban J connectivity index is 2.20. The van der Waals surface area contributed by atoms with E-state index in [1.54, 1.807) is 0 Å². The van der Waals surface area contributed by atoms with Crippen molar-refractivity contribution in [2.24, 2.45) is 5.92 Å². The highest BCUT2D eigenvalue weighted by molar-refractivity contribution is 9.10. The predicted molar refractivity (Wildman–Crippen MR) is 87.0 cm³/mol. The van der Waals surface area contributed by atoms with Gasteiger partial charge in [0, 0.05) is 23.6 Å². The molecule has 0 bridgehead atoms. The van der Waals surface area contributed by atoms with Gasteiger partial charge in [0.2, 0.25) is 0 Å².